The number of nitrogens with zero attached hydrogens (tertiary/aromatic N) is 4. The molecule has 0 aromatic carbocycles. The Morgan fingerprint density at radius 2 is 1.87 bits per heavy atom. The number of carbonyl (C=O) groups is 1. The summed E-state index contributed by atoms with van der Waals surface area (Å²) in [5, 5.41) is 1.37. The highest BCUT2D eigenvalue weighted by molar-refractivity contribution is 6.34. The van der Waals surface area contributed by atoms with Gasteiger partial charge >= 0.3 is 6.09 Å². The number of hydrogen-bond donors (Lipinski definition) is 0. The number of carbonyl (C=O) groups excluding carboxylic acids is 1. The first kappa shape index (κ1) is 26.3. The molecule has 2 aromatic heterocycles. The van der Waals surface area contributed by atoms with E-state index in [4.69, 9.17) is 30.5 Å². The first-order valence-corrected chi connectivity index (χ1v) is 14.2. The number of piperidine rings is 1. The van der Waals surface area contributed by atoms with Crippen LogP contribution in [0, 0.1) is 0 Å². The molecule has 9 nitrogen and oxygen atoms in total. The summed E-state index contributed by atoms with van der Waals surface area (Å²) in [6.07, 6.45) is 6.79. The average molecular weight is 547 g/mol. The van der Waals surface area contributed by atoms with Crippen LogP contribution in [0.5, 0.6) is 0 Å². The molecule has 4 atom stereocenters. The predicted molar refractivity (Wildman–Crippen MR) is 143 cm³/mol. The van der Waals surface area contributed by atoms with Crippen LogP contribution in [-0.2, 0) is 18.9 Å². The molecule has 0 saturated carbocycles. The van der Waals surface area contributed by atoms with Crippen molar-refractivity contribution in [3.05, 3.63) is 29.7 Å². The van der Waals surface area contributed by atoms with Gasteiger partial charge in [0, 0.05) is 43.0 Å². The molecule has 0 radical (unpaired) electrons. The number of ether oxygens (including phenoxy) is 4. The molecule has 0 aliphatic carbocycles. The molecule has 10 heteroatoms. The fourth-order valence-electron chi connectivity index (χ4n) is 6.80. The van der Waals surface area contributed by atoms with E-state index in [2.05, 4.69) is 14.5 Å². The van der Waals surface area contributed by atoms with Crippen molar-refractivity contribution in [3.63, 3.8) is 0 Å². The van der Waals surface area contributed by atoms with Crippen molar-refractivity contribution >= 4 is 28.6 Å². The van der Waals surface area contributed by atoms with Crippen molar-refractivity contribution in [1.29, 1.82) is 0 Å². The van der Waals surface area contributed by atoms with Crippen LogP contribution in [-0.4, -0.2) is 86.9 Å². The molecule has 4 aliphatic heterocycles. The minimum absolute atomic E-state index is 0.0732. The van der Waals surface area contributed by atoms with Crippen LogP contribution < -0.4 is 0 Å². The Bertz CT molecular complexity index is 1200. The lowest BCUT2D eigenvalue weighted by molar-refractivity contribution is -0.199. The quantitative estimate of drug-likeness (QED) is 0.503. The van der Waals surface area contributed by atoms with Crippen molar-refractivity contribution in [2.45, 2.75) is 102 Å². The summed E-state index contributed by atoms with van der Waals surface area (Å²) >= 11 is 6.36. The van der Waals surface area contributed by atoms with Gasteiger partial charge in [-0.15, -0.1) is 0 Å². The third kappa shape index (κ3) is 4.70. The lowest BCUT2D eigenvalue weighted by Crippen LogP contribution is -2.56. The molecule has 38 heavy (non-hydrogen) atoms. The van der Waals surface area contributed by atoms with Crippen LogP contribution in [0.25, 0.3) is 10.9 Å². The zero-order chi connectivity index (χ0) is 26.9. The van der Waals surface area contributed by atoms with Crippen molar-refractivity contribution in [2.24, 2.45) is 0 Å². The second-order valence-corrected chi connectivity index (χ2v) is 13.0. The molecule has 6 heterocycles. The van der Waals surface area contributed by atoms with Gasteiger partial charge in [-0.2, -0.15) is 0 Å². The summed E-state index contributed by atoms with van der Waals surface area (Å²) in [5.74, 6) is -0.681. The zero-order valence-electron chi connectivity index (χ0n) is 23.0. The van der Waals surface area contributed by atoms with Gasteiger partial charge in [0.05, 0.1) is 5.52 Å². The summed E-state index contributed by atoms with van der Waals surface area (Å²) in [5.41, 5.74) is 0.557. The second-order valence-electron chi connectivity index (χ2n) is 12.6. The van der Waals surface area contributed by atoms with E-state index in [9.17, 15) is 4.79 Å². The monoisotopic (exact) mass is 546 g/mol. The van der Waals surface area contributed by atoms with Crippen LogP contribution in [0.4, 0.5) is 4.79 Å². The average Bonchev–Trinajstić information content (AvgIpc) is 3.57. The van der Waals surface area contributed by atoms with Crippen LogP contribution in [0.15, 0.2) is 24.5 Å². The fourth-order valence-corrected chi connectivity index (χ4v) is 7.02. The Kier molecular flexibility index (Phi) is 6.47. The zero-order valence-corrected chi connectivity index (χ0v) is 23.7. The summed E-state index contributed by atoms with van der Waals surface area (Å²) in [6.45, 7) is 12.9. The molecule has 6 rings (SSSR count). The Balaban J connectivity index is 1.19. The van der Waals surface area contributed by atoms with Gasteiger partial charge in [-0.3, -0.25) is 4.90 Å². The summed E-state index contributed by atoms with van der Waals surface area (Å²) in [4.78, 5) is 21.3. The van der Waals surface area contributed by atoms with Crippen molar-refractivity contribution in [2.75, 3.05) is 26.2 Å². The molecular formula is C28H39ClN4O5. The Hall–Kier alpha value is -1.91. The number of fused-ring (bicyclic) bond motifs is 2. The molecule has 208 valence electrons. The fraction of sp³-hybridized carbons (Fsp3) is 0.714. The molecule has 1 spiro atoms. The number of aromatic nitrogens is 2. The molecule has 0 bridgehead atoms. The molecular weight excluding hydrogens is 508 g/mol. The lowest BCUT2D eigenvalue weighted by Gasteiger charge is -2.46. The Labute approximate surface area is 229 Å². The van der Waals surface area contributed by atoms with Gasteiger partial charge in [-0.05, 0) is 79.0 Å². The van der Waals surface area contributed by atoms with E-state index in [1.807, 2.05) is 57.8 Å². The van der Waals surface area contributed by atoms with Crippen LogP contribution >= 0.6 is 11.6 Å². The first-order valence-electron chi connectivity index (χ1n) is 13.8. The van der Waals surface area contributed by atoms with Gasteiger partial charge in [-0.25, -0.2) is 9.78 Å². The smallest absolute Gasteiger partial charge is 0.410 e. The van der Waals surface area contributed by atoms with Crippen molar-refractivity contribution < 1.29 is 23.7 Å². The summed E-state index contributed by atoms with van der Waals surface area (Å²) < 4.78 is 27.3. The Morgan fingerprint density at radius 3 is 2.61 bits per heavy atom. The predicted octanol–water partition coefficient (Wildman–Crippen LogP) is 4.97. The lowest BCUT2D eigenvalue weighted by atomic mass is 9.84. The van der Waals surface area contributed by atoms with Gasteiger partial charge in [0.1, 0.15) is 29.1 Å². The van der Waals surface area contributed by atoms with Crippen molar-refractivity contribution in [1.82, 2.24) is 19.4 Å². The van der Waals surface area contributed by atoms with Gasteiger partial charge in [0.15, 0.2) is 12.0 Å². The molecule has 1 amide bonds. The van der Waals surface area contributed by atoms with E-state index in [-0.39, 0.29) is 36.2 Å². The van der Waals surface area contributed by atoms with Gasteiger partial charge in [0.25, 0.3) is 0 Å². The largest absolute Gasteiger partial charge is 0.444 e. The maximum Gasteiger partial charge on any atom is 0.410 e. The number of amides is 1. The van der Waals surface area contributed by atoms with E-state index >= 15 is 0 Å². The highest BCUT2D eigenvalue weighted by Crippen LogP contribution is 2.46. The van der Waals surface area contributed by atoms with E-state index < -0.39 is 11.4 Å². The van der Waals surface area contributed by atoms with Gasteiger partial charge in [-0.1, -0.05) is 11.6 Å². The molecule has 4 saturated heterocycles. The normalized spacial score (nSPS) is 30.8. The third-order valence-electron chi connectivity index (χ3n) is 8.49. The van der Waals surface area contributed by atoms with Crippen LogP contribution in [0.3, 0.4) is 0 Å². The Morgan fingerprint density at radius 1 is 1.13 bits per heavy atom. The summed E-state index contributed by atoms with van der Waals surface area (Å²) in [7, 11) is 0. The van der Waals surface area contributed by atoms with E-state index in [0.29, 0.717) is 18.2 Å². The second kappa shape index (κ2) is 9.34. The summed E-state index contributed by atoms with van der Waals surface area (Å²) in [6, 6.07) is 3.94. The molecule has 0 unspecified atom stereocenters. The van der Waals surface area contributed by atoms with Crippen LogP contribution in [0.2, 0.25) is 5.15 Å². The third-order valence-corrected chi connectivity index (χ3v) is 8.79. The SMILES string of the molecule is CC(C)(C)OC(=O)N1CCC2(CCCN2C[C@H]2O[C@@H](n3ccc4c(Cl)nccc43)[C@@H]3OC(C)(C)O[C@@H]32)CC1. The highest BCUT2D eigenvalue weighted by Gasteiger charge is 2.57. The highest BCUT2D eigenvalue weighted by atomic mass is 35.5. The van der Waals surface area contributed by atoms with E-state index in [1.165, 1.54) is 0 Å². The molecule has 0 N–H and O–H groups in total. The molecule has 2 aromatic rings. The number of rotatable bonds is 3. The van der Waals surface area contributed by atoms with Crippen molar-refractivity contribution in [3.8, 4) is 0 Å². The van der Waals surface area contributed by atoms with Gasteiger partial charge < -0.3 is 28.4 Å². The van der Waals surface area contributed by atoms with E-state index in [1.54, 1.807) is 6.20 Å². The maximum atomic E-state index is 12.7. The number of halogens is 1. The van der Waals surface area contributed by atoms with Gasteiger partial charge in [0.2, 0.25) is 0 Å². The standard InChI is InChI=1S/C28H39ClN4O5/c1-26(2,3)38-25(34)31-15-10-28(11-16-31)9-6-13-32(28)17-20-21-22(37-27(4,5)36-21)24(35-20)33-14-8-18-19(33)7-12-30-23(18)29/h7-8,12,14,20-22,24H,6,9-11,13,15-17H2,1-5H3/t20-,21-,22-,24-/m1/s1. The number of likely N-dealkylation sites (tertiary alicyclic amines) is 2. The topological polar surface area (TPSA) is 78.3 Å². The van der Waals surface area contributed by atoms with Crippen LogP contribution in [0.1, 0.15) is 66.5 Å². The van der Waals surface area contributed by atoms with E-state index in [0.717, 1.165) is 49.7 Å². The minimum atomic E-state index is -0.681. The molecule has 4 fully saturated rings. The number of hydrogen-bond acceptors (Lipinski definition) is 7. The minimum Gasteiger partial charge on any atom is -0.444 e. The first-order chi connectivity index (χ1) is 17.9. The number of pyridine rings is 1. The molecule has 4 aliphatic rings. The maximum absolute atomic E-state index is 12.7.